The van der Waals surface area contributed by atoms with E-state index in [9.17, 15) is 14.3 Å². The molecule has 0 spiro atoms. The van der Waals surface area contributed by atoms with Crippen LogP contribution in [0.4, 0.5) is 4.39 Å². The third kappa shape index (κ3) is 2.85. The molecule has 1 N–H and O–H groups in total. The van der Waals surface area contributed by atoms with Crippen LogP contribution >= 0.6 is 11.3 Å². The number of fused-ring (bicyclic) bond motifs is 1. The average molecular weight is 345 g/mol. The van der Waals surface area contributed by atoms with Gasteiger partial charge in [0.15, 0.2) is 0 Å². The average Bonchev–Trinajstić information content (AvgIpc) is 2.88. The number of ether oxygens (including phenoxy) is 1. The Morgan fingerprint density at radius 2 is 2.04 bits per heavy atom. The molecule has 0 radical (unpaired) electrons. The number of nitrogens with zero attached hydrogens (tertiary/aromatic N) is 1. The largest absolute Gasteiger partial charge is 0.507 e. The predicted molar refractivity (Wildman–Crippen MR) is 92.1 cm³/mol. The maximum atomic E-state index is 14.1. The van der Waals surface area contributed by atoms with Crippen LogP contribution < -0.4 is 0 Å². The summed E-state index contributed by atoms with van der Waals surface area (Å²) in [7, 11) is 0. The highest BCUT2D eigenvalue weighted by Crippen LogP contribution is 2.36. The summed E-state index contributed by atoms with van der Waals surface area (Å²) in [5, 5.41) is 11.6. The molecule has 1 aromatic heterocycles. The molecule has 0 saturated carbocycles. The molecule has 3 aromatic rings. The molecule has 3 rings (SSSR count). The summed E-state index contributed by atoms with van der Waals surface area (Å²) < 4.78 is 19.1. The van der Waals surface area contributed by atoms with Crippen molar-refractivity contribution in [3.8, 4) is 16.3 Å². The standard InChI is InChI=1S/C18H16FNO3S/c1-4-23-18(22)16-10(3)20-17(24-16)12-7-11-5-9(2)6-13(19)15(11)14(21)8-12/h5-8,21H,4H2,1-3H3. The Bertz CT molecular complexity index is 949. The van der Waals surface area contributed by atoms with Crippen molar-refractivity contribution in [2.45, 2.75) is 20.8 Å². The van der Waals surface area contributed by atoms with Crippen molar-refractivity contribution in [3.63, 3.8) is 0 Å². The number of aromatic hydroxyl groups is 1. The second-order valence-corrected chi connectivity index (χ2v) is 6.49. The van der Waals surface area contributed by atoms with E-state index in [0.29, 0.717) is 33.1 Å². The highest BCUT2D eigenvalue weighted by atomic mass is 32.1. The molecule has 24 heavy (non-hydrogen) atoms. The van der Waals surface area contributed by atoms with Gasteiger partial charge in [0.25, 0.3) is 0 Å². The predicted octanol–water partition coefficient (Wildman–Crippen LogP) is 4.60. The van der Waals surface area contributed by atoms with Gasteiger partial charge in [-0.15, -0.1) is 11.3 Å². The molecule has 0 aliphatic rings. The van der Waals surface area contributed by atoms with E-state index in [1.165, 1.54) is 23.5 Å². The van der Waals surface area contributed by atoms with E-state index in [1.807, 2.05) is 0 Å². The number of thiazole rings is 1. The van der Waals surface area contributed by atoms with Crippen LogP contribution in [0.5, 0.6) is 5.75 Å². The number of aromatic nitrogens is 1. The van der Waals surface area contributed by atoms with Gasteiger partial charge in [-0.3, -0.25) is 0 Å². The molecule has 1 heterocycles. The quantitative estimate of drug-likeness (QED) is 0.705. The van der Waals surface area contributed by atoms with Gasteiger partial charge in [-0.25, -0.2) is 14.2 Å². The summed E-state index contributed by atoms with van der Waals surface area (Å²) in [6.45, 7) is 5.56. The Hall–Kier alpha value is -2.47. The highest BCUT2D eigenvalue weighted by molar-refractivity contribution is 7.17. The molecule has 6 heteroatoms. The number of phenolic OH excluding ortho intramolecular Hbond substituents is 1. The van der Waals surface area contributed by atoms with Crippen molar-refractivity contribution in [1.82, 2.24) is 4.98 Å². The first-order valence-corrected chi connectivity index (χ1v) is 8.30. The number of benzene rings is 2. The Morgan fingerprint density at radius 1 is 1.29 bits per heavy atom. The van der Waals surface area contributed by atoms with Gasteiger partial charge < -0.3 is 9.84 Å². The number of rotatable bonds is 3. The topological polar surface area (TPSA) is 59.4 Å². The summed E-state index contributed by atoms with van der Waals surface area (Å²) >= 11 is 1.20. The molecule has 0 fully saturated rings. The summed E-state index contributed by atoms with van der Waals surface area (Å²) in [5.41, 5.74) is 1.97. The minimum Gasteiger partial charge on any atom is -0.507 e. The lowest BCUT2D eigenvalue weighted by Crippen LogP contribution is -2.03. The maximum absolute atomic E-state index is 14.1. The van der Waals surface area contributed by atoms with Crippen molar-refractivity contribution in [2.75, 3.05) is 6.61 Å². The van der Waals surface area contributed by atoms with Crippen molar-refractivity contribution in [1.29, 1.82) is 0 Å². The zero-order valence-corrected chi connectivity index (χ0v) is 14.3. The van der Waals surface area contributed by atoms with E-state index >= 15 is 0 Å². The van der Waals surface area contributed by atoms with E-state index in [1.54, 1.807) is 32.9 Å². The molecule has 4 nitrogen and oxygen atoms in total. The van der Waals surface area contributed by atoms with Gasteiger partial charge in [0.05, 0.1) is 17.7 Å². The number of carbonyl (C=O) groups excluding carboxylic acids is 1. The van der Waals surface area contributed by atoms with Crippen molar-refractivity contribution in [3.05, 3.63) is 46.2 Å². The number of carbonyl (C=O) groups is 1. The molecule has 0 atom stereocenters. The summed E-state index contributed by atoms with van der Waals surface area (Å²) in [5.74, 6) is -1.02. The molecule has 0 saturated heterocycles. The number of hydrogen-bond acceptors (Lipinski definition) is 5. The first-order valence-electron chi connectivity index (χ1n) is 7.48. The van der Waals surface area contributed by atoms with Crippen LogP contribution in [-0.4, -0.2) is 22.7 Å². The van der Waals surface area contributed by atoms with Gasteiger partial charge in [0, 0.05) is 5.56 Å². The van der Waals surface area contributed by atoms with Gasteiger partial charge >= 0.3 is 5.97 Å². The molecule has 0 unspecified atom stereocenters. The Balaban J connectivity index is 2.14. The molecule has 0 bridgehead atoms. The first kappa shape index (κ1) is 16.4. The molecular formula is C18H16FNO3S. The second-order valence-electron chi connectivity index (χ2n) is 5.49. The number of halogens is 1. The lowest BCUT2D eigenvalue weighted by atomic mass is 10.0. The smallest absolute Gasteiger partial charge is 0.350 e. The van der Waals surface area contributed by atoms with E-state index < -0.39 is 11.8 Å². The summed E-state index contributed by atoms with van der Waals surface area (Å²) in [6.07, 6.45) is 0. The van der Waals surface area contributed by atoms with Crippen LogP contribution in [0, 0.1) is 19.7 Å². The van der Waals surface area contributed by atoms with Gasteiger partial charge in [-0.2, -0.15) is 0 Å². The highest BCUT2D eigenvalue weighted by Gasteiger charge is 2.18. The van der Waals surface area contributed by atoms with Gasteiger partial charge in [-0.05, 0) is 49.9 Å². The summed E-state index contributed by atoms with van der Waals surface area (Å²) in [6, 6.07) is 6.41. The Morgan fingerprint density at radius 3 is 2.75 bits per heavy atom. The Labute approximate surface area is 142 Å². The van der Waals surface area contributed by atoms with Crippen LogP contribution in [0.1, 0.15) is 27.9 Å². The van der Waals surface area contributed by atoms with Gasteiger partial charge in [0.2, 0.25) is 0 Å². The zero-order valence-electron chi connectivity index (χ0n) is 13.5. The minimum atomic E-state index is -0.461. The number of hydrogen-bond donors (Lipinski definition) is 1. The normalized spacial score (nSPS) is 11.0. The van der Waals surface area contributed by atoms with E-state index in [-0.39, 0.29) is 11.1 Å². The van der Waals surface area contributed by atoms with E-state index in [4.69, 9.17) is 4.74 Å². The van der Waals surface area contributed by atoms with E-state index in [2.05, 4.69) is 4.98 Å². The number of esters is 1. The van der Waals surface area contributed by atoms with Gasteiger partial charge in [0.1, 0.15) is 21.5 Å². The lowest BCUT2D eigenvalue weighted by molar-refractivity contribution is 0.0531. The van der Waals surface area contributed by atoms with Crippen LogP contribution in [0.15, 0.2) is 24.3 Å². The molecule has 2 aromatic carbocycles. The zero-order chi connectivity index (χ0) is 17.4. The van der Waals surface area contributed by atoms with E-state index in [0.717, 1.165) is 5.56 Å². The SMILES string of the molecule is CCOC(=O)c1sc(-c2cc(O)c3c(F)cc(C)cc3c2)nc1C. The molecular weight excluding hydrogens is 329 g/mol. The summed E-state index contributed by atoms with van der Waals surface area (Å²) in [4.78, 5) is 16.8. The minimum absolute atomic E-state index is 0.148. The molecule has 0 aliphatic heterocycles. The third-order valence-electron chi connectivity index (χ3n) is 3.63. The fourth-order valence-corrected chi connectivity index (χ4v) is 3.56. The van der Waals surface area contributed by atoms with Crippen LogP contribution in [0.25, 0.3) is 21.3 Å². The van der Waals surface area contributed by atoms with Crippen molar-refractivity contribution < 1.29 is 19.0 Å². The maximum Gasteiger partial charge on any atom is 0.350 e. The molecule has 0 amide bonds. The van der Waals surface area contributed by atoms with Crippen LogP contribution in [0.3, 0.4) is 0 Å². The van der Waals surface area contributed by atoms with Crippen LogP contribution in [0.2, 0.25) is 0 Å². The third-order valence-corrected chi connectivity index (χ3v) is 4.82. The van der Waals surface area contributed by atoms with Crippen LogP contribution in [-0.2, 0) is 4.74 Å². The molecule has 124 valence electrons. The second kappa shape index (κ2) is 6.20. The first-order chi connectivity index (χ1) is 11.4. The monoisotopic (exact) mass is 345 g/mol. The van der Waals surface area contributed by atoms with Gasteiger partial charge in [-0.1, -0.05) is 6.07 Å². The van der Waals surface area contributed by atoms with Crippen molar-refractivity contribution >= 4 is 28.1 Å². The lowest BCUT2D eigenvalue weighted by Gasteiger charge is -2.07. The fraction of sp³-hybridized carbons (Fsp3) is 0.222. The number of aryl methyl sites for hydroxylation is 2. The Kier molecular flexibility index (Phi) is 4.24. The molecule has 0 aliphatic carbocycles. The number of phenols is 1. The fourth-order valence-electron chi connectivity index (χ4n) is 2.61. The van der Waals surface area contributed by atoms with Crippen molar-refractivity contribution in [2.24, 2.45) is 0 Å².